The van der Waals surface area contributed by atoms with Crippen LogP contribution in [0.5, 0.6) is 0 Å². The van der Waals surface area contributed by atoms with E-state index in [4.69, 9.17) is 4.74 Å². The SMILES string of the molecule is COC(=O)[C@H](CC(C)C)NC(=O)CCC(=O)N1CCCC1. The molecule has 0 aromatic heterocycles. The van der Waals surface area contributed by atoms with Gasteiger partial charge in [0.2, 0.25) is 11.8 Å². The number of hydrogen-bond acceptors (Lipinski definition) is 4. The van der Waals surface area contributed by atoms with Crippen molar-refractivity contribution in [2.45, 2.75) is 52.0 Å². The van der Waals surface area contributed by atoms with Gasteiger partial charge in [-0.15, -0.1) is 0 Å². The minimum absolute atomic E-state index is 0.0149. The number of ether oxygens (including phenoxy) is 1. The third-order valence-electron chi connectivity index (χ3n) is 3.55. The molecule has 1 fully saturated rings. The van der Waals surface area contributed by atoms with Crippen LogP contribution in [0, 0.1) is 5.92 Å². The summed E-state index contributed by atoms with van der Waals surface area (Å²) in [5.74, 6) is -0.441. The van der Waals surface area contributed by atoms with Crippen molar-refractivity contribution in [2.75, 3.05) is 20.2 Å². The third kappa shape index (κ3) is 6.14. The lowest BCUT2D eigenvalue weighted by Crippen LogP contribution is -2.42. The first-order valence-corrected chi connectivity index (χ1v) is 7.59. The van der Waals surface area contributed by atoms with Crippen LogP contribution < -0.4 is 5.32 Å². The van der Waals surface area contributed by atoms with E-state index in [1.807, 2.05) is 13.8 Å². The summed E-state index contributed by atoms with van der Waals surface area (Å²) in [6.45, 7) is 5.52. The molecule has 1 rings (SSSR count). The summed E-state index contributed by atoms with van der Waals surface area (Å²) >= 11 is 0. The molecule has 0 spiro atoms. The molecule has 0 aliphatic carbocycles. The minimum atomic E-state index is -0.635. The first kappa shape index (κ1) is 17.5. The summed E-state index contributed by atoms with van der Waals surface area (Å²) in [5, 5.41) is 2.66. The molecular weight excluding hydrogens is 272 g/mol. The molecule has 0 radical (unpaired) electrons. The van der Waals surface area contributed by atoms with E-state index < -0.39 is 12.0 Å². The number of amides is 2. The van der Waals surface area contributed by atoms with Crippen molar-refractivity contribution >= 4 is 17.8 Å². The first-order valence-electron chi connectivity index (χ1n) is 7.59. The van der Waals surface area contributed by atoms with Gasteiger partial charge in [0, 0.05) is 25.9 Å². The summed E-state index contributed by atoms with van der Waals surface area (Å²) < 4.78 is 4.69. The van der Waals surface area contributed by atoms with Gasteiger partial charge in [-0.3, -0.25) is 9.59 Å². The van der Waals surface area contributed by atoms with Gasteiger partial charge in [0.25, 0.3) is 0 Å². The Bertz CT molecular complexity index is 376. The fraction of sp³-hybridized carbons (Fsp3) is 0.800. The summed E-state index contributed by atoms with van der Waals surface area (Å²) in [4.78, 5) is 37.2. The maximum absolute atomic E-state index is 11.9. The van der Waals surface area contributed by atoms with Gasteiger partial charge in [-0.1, -0.05) is 13.8 Å². The lowest BCUT2D eigenvalue weighted by atomic mass is 10.0. The molecule has 120 valence electrons. The molecular formula is C15H26N2O4. The molecule has 2 amide bonds. The molecule has 21 heavy (non-hydrogen) atoms. The van der Waals surface area contributed by atoms with Crippen LogP contribution in [0.1, 0.15) is 46.0 Å². The van der Waals surface area contributed by atoms with Crippen LogP contribution >= 0.6 is 0 Å². The second kappa shape index (κ2) is 8.64. The number of likely N-dealkylation sites (tertiary alicyclic amines) is 1. The Morgan fingerprint density at radius 1 is 1.14 bits per heavy atom. The Morgan fingerprint density at radius 2 is 1.76 bits per heavy atom. The van der Waals surface area contributed by atoms with Crippen molar-refractivity contribution in [1.29, 1.82) is 0 Å². The summed E-state index contributed by atoms with van der Waals surface area (Å²) in [6.07, 6.45) is 2.91. The highest BCUT2D eigenvalue weighted by Gasteiger charge is 2.23. The van der Waals surface area contributed by atoms with Crippen molar-refractivity contribution in [2.24, 2.45) is 5.92 Å². The van der Waals surface area contributed by atoms with E-state index in [1.165, 1.54) is 7.11 Å². The molecule has 0 bridgehead atoms. The second-order valence-electron chi connectivity index (χ2n) is 5.86. The lowest BCUT2D eigenvalue weighted by molar-refractivity contribution is -0.145. The molecule has 0 aromatic rings. The zero-order valence-corrected chi connectivity index (χ0v) is 13.2. The average Bonchev–Trinajstić information content (AvgIpc) is 2.96. The van der Waals surface area contributed by atoms with Crippen molar-refractivity contribution in [3.8, 4) is 0 Å². The Kier molecular flexibility index (Phi) is 7.19. The molecule has 1 N–H and O–H groups in total. The number of hydrogen-bond donors (Lipinski definition) is 1. The van der Waals surface area contributed by atoms with Crippen molar-refractivity contribution in [3.63, 3.8) is 0 Å². The molecule has 1 atom stereocenters. The molecule has 0 aromatic carbocycles. The van der Waals surface area contributed by atoms with Gasteiger partial charge < -0.3 is 15.0 Å². The number of methoxy groups -OCH3 is 1. The highest BCUT2D eigenvalue weighted by atomic mass is 16.5. The van der Waals surface area contributed by atoms with Gasteiger partial charge in [0.15, 0.2) is 0 Å². The first-order chi connectivity index (χ1) is 9.93. The highest BCUT2D eigenvalue weighted by molar-refractivity contribution is 5.87. The van der Waals surface area contributed by atoms with Crippen LogP contribution in [-0.4, -0.2) is 48.9 Å². The van der Waals surface area contributed by atoms with E-state index in [2.05, 4.69) is 5.32 Å². The fourth-order valence-electron chi connectivity index (χ4n) is 2.44. The Morgan fingerprint density at radius 3 is 2.29 bits per heavy atom. The standard InChI is InChI=1S/C15H26N2O4/c1-11(2)10-12(15(20)21-3)16-13(18)6-7-14(19)17-8-4-5-9-17/h11-12H,4-10H2,1-3H3,(H,16,18)/t12-/m0/s1. The highest BCUT2D eigenvalue weighted by Crippen LogP contribution is 2.10. The van der Waals surface area contributed by atoms with E-state index in [9.17, 15) is 14.4 Å². The molecule has 1 saturated heterocycles. The maximum atomic E-state index is 11.9. The molecule has 1 heterocycles. The summed E-state index contributed by atoms with van der Waals surface area (Å²) in [6, 6.07) is -0.635. The van der Waals surface area contributed by atoms with E-state index >= 15 is 0 Å². The van der Waals surface area contributed by atoms with Crippen LogP contribution in [0.4, 0.5) is 0 Å². The predicted molar refractivity (Wildman–Crippen MR) is 78.4 cm³/mol. The average molecular weight is 298 g/mol. The lowest BCUT2D eigenvalue weighted by Gasteiger charge is -2.19. The number of carbonyl (C=O) groups excluding carboxylic acids is 3. The van der Waals surface area contributed by atoms with Gasteiger partial charge in [0.05, 0.1) is 7.11 Å². The van der Waals surface area contributed by atoms with Crippen LogP contribution in [-0.2, 0) is 19.1 Å². The van der Waals surface area contributed by atoms with E-state index in [0.717, 1.165) is 25.9 Å². The summed E-state index contributed by atoms with van der Waals surface area (Å²) in [5.41, 5.74) is 0. The molecule has 0 saturated carbocycles. The zero-order valence-electron chi connectivity index (χ0n) is 13.2. The molecule has 0 unspecified atom stereocenters. The Labute approximate surface area is 126 Å². The molecule has 6 nitrogen and oxygen atoms in total. The minimum Gasteiger partial charge on any atom is -0.467 e. The molecule has 1 aliphatic rings. The monoisotopic (exact) mass is 298 g/mol. The van der Waals surface area contributed by atoms with Gasteiger partial charge >= 0.3 is 5.97 Å². The van der Waals surface area contributed by atoms with Crippen LogP contribution in [0.2, 0.25) is 0 Å². The van der Waals surface area contributed by atoms with E-state index in [-0.39, 0.29) is 30.6 Å². The number of esters is 1. The van der Waals surface area contributed by atoms with Crippen molar-refractivity contribution in [1.82, 2.24) is 10.2 Å². The van der Waals surface area contributed by atoms with Gasteiger partial charge in [0.1, 0.15) is 6.04 Å². The largest absolute Gasteiger partial charge is 0.467 e. The van der Waals surface area contributed by atoms with Gasteiger partial charge in [-0.2, -0.15) is 0 Å². The quantitative estimate of drug-likeness (QED) is 0.714. The van der Waals surface area contributed by atoms with Crippen LogP contribution in [0.25, 0.3) is 0 Å². The second-order valence-corrected chi connectivity index (χ2v) is 5.86. The Hall–Kier alpha value is -1.59. The Balaban J connectivity index is 2.38. The number of carbonyl (C=O) groups is 3. The normalized spacial score (nSPS) is 15.9. The number of nitrogens with one attached hydrogen (secondary N) is 1. The number of rotatable bonds is 7. The molecule has 6 heteroatoms. The van der Waals surface area contributed by atoms with Crippen molar-refractivity contribution in [3.05, 3.63) is 0 Å². The van der Waals surface area contributed by atoms with Gasteiger partial charge in [-0.25, -0.2) is 4.79 Å². The van der Waals surface area contributed by atoms with Gasteiger partial charge in [-0.05, 0) is 25.2 Å². The fourth-order valence-corrected chi connectivity index (χ4v) is 2.44. The maximum Gasteiger partial charge on any atom is 0.328 e. The van der Waals surface area contributed by atoms with E-state index in [1.54, 1.807) is 4.90 Å². The van der Waals surface area contributed by atoms with Crippen LogP contribution in [0.3, 0.4) is 0 Å². The van der Waals surface area contributed by atoms with E-state index in [0.29, 0.717) is 6.42 Å². The van der Waals surface area contributed by atoms with Crippen LogP contribution in [0.15, 0.2) is 0 Å². The van der Waals surface area contributed by atoms with Crippen molar-refractivity contribution < 1.29 is 19.1 Å². The topological polar surface area (TPSA) is 75.7 Å². The smallest absolute Gasteiger partial charge is 0.328 e. The summed E-state index contributed by atoms with van der Waals surface area (Å²) in [7, 11) is 1.30. The zero-order chi connectivity index (χ0) is 15.8. The third-order valence-corrected chi connectivity index (χ3v) is 3.55. The number of nitrogens with zero attached hydrogens (tertiary/aromatic N) is 1. The predicted octanol–water partition coefficient (Wildman–Crippen LogP) is 1.09. The molecule has 1 aliphatic heterocycles.